The van der Waals surface area contributed by atoms with Crippen molar-refractivity contribution in [2.75, 3.05) is 10.6 Å². The molecule has 0 aromatic heterocycles. The average Bonchev–Trinajstić information content (AvgIpc) is 2.87. The number of aliphatic hydroxyl groups excluding tert-OH is 1. The number of anilines is 2. The third kappa shape index (κ3) is 3.02. The average molecular weight is 345 g/mol. The number of nitrogens with two attached hydrogens (primary N) is 1. The lowest BCUT2D eigenvalue weighted by atomic mass is 10.0. The van der Waals surface area contributed by atoms with E-state index in [9.17, 15) is 18.3 Å². The quantitative estimate of drug-likeness (QED) is 0.621. The molecule has 0 fully saturated rings. The van der Waals surface area contributed by atoms with Crippen LogP contribution in [0.15, 0.2) is 53.6 Å². The Balaban J connectivity index is 1.90. The van der Waals surface area contributed by atoms with Crippen molar-refractivity contribution in [3.05, 3.63) is 59.8 Å². The Morgan fingerprint density at radius 3 is 2.50 bits per heavy atom. The van der Waals surface area contributed by atoms with Crippen LogP contribution >= 0.6 is 0 Å². The summed E-state index contributed by atoms with van der Waals surface area (Å²) in [5.41, 5.74) is 2.93. The Bertz CT molecular complexity index is 934. The van der Waals surface area contributed by atoms with Gasteiger partial charge in [0.05, 0.1) is 17.1 Å². The SMILES string of the molecule is NS(=O)(=O)c1ccc(N/C=C2\C(=O)Nc3cccc(CO)c32)cc1. The molecule has 0 saturated carbocycles. The minimum atomic E-state index is -3.74. The van der Waals surface area contributed by atoms with E-state index in [1.807, 2.05) is 0 Å². The fraction of sp³-hybridized carbons (Fsp3) is 0.0625. The number of sulfonamides is 1. The first kappa shape index (κ1) is 16.2. The summed E-state index contributed by atoms with van der Waals surface area (Å²) in [4.78, 5) is 12.1. The molecule has 1 amide bonds. The maximum atomic E-state index is 12.1. The van der Waals surface area contributed by atoms with Crippen LogP contribution in [0.1, 0.15) is 11.1 Å². The number of hydrogen-bond donors (Lipinski definition) is 4. The van der Waals surface area contributed by atoms with E-state index in [2.05, 4.69) is 10.6 Å². The molecular weight excluding hydrogens is 330 g/mol. The van der Waals surface area contributed by atoms with Crippen LogP contribution in [0, 0.1) is 0 Å². The molecule has 0 bridgehead atoms. The van der Waals surface area contributed by atoms with Crippen molar-refractivity contribution in [2.45, 2.75) is 11.5 Å². The molecule has 8 heteroatoms. The number of primary sulfonamides is 1. The molecule has 1 aliphatic rings. The Morgan fingerprint density at radius 1 is 1.17 bits per heavy atom. The maximum Gasteiger partial charge on any atom is 0.257 e. The second-order valence-electron chi connectivity index (χ2n) is 5.22. The highest BCUT2D eigenvalue weighted by Gasteiger charge is 2.26. The van der Waals surface area contributed by atoms with E-state index in [0.29, 0.717) is 28.1 Å². The Morgan fingerprint density at radius 2 is 1.88 bits per heavy atom. The van der Waals surface area contributed by atoms with Crippen LogP contribution in [0.25, 0.3) is 5.57 Å². The highest BCUT2D eigenvalue weighted by atomic mass is 32.2. The molecule has 3 rings (SSSR count). The van der Waals surface area contributed by atoms with E-state index in [-0.39, 0.29) is 17.4 Å². The fourth-order valence-corrected chi connectivity index (χ4v) is 3.01. The van der Waals surface area contributed by atoms with Gasteiger partial charge in [0.25, 0.3) is 5.91 Å². The number of nitrogens with one attached hydrogen (secondary N) is 2. The smallest absolute Gasteiger partial charge is 0.257 e. The van der Waals surface area contributed by atoms with Crippen molar-refractivity contribution < 1.29 is 18.3 Å². The first-order valence-corrected chi connectivity index (χ1v) is 8.59. The van der Waals surface area contributed by atoms with Gasteiger partial charge in [-0.1, -0.05) is 12.1 Å². The zero-order chi connectivity index (χ0) is 17.3. The van der Waals surface area contributed by atoms with Gasteiger partial charge >= 0.3 is 0 Å². The van der Waals surface area contributed by atoms with Crippen molar-refractivity contribution in [3.63, 3.8) is 0 Å². The molecule has 0 aliphatic carbocycles. The zero-order valence-corrected chi connectivity index (χ0v) is 13.3. The van der Waals surface area contributed by atoms with Gasteiger partial charge in [0.15, 0.2) is 0 Å². The summed E-state index contributed by atoms with van der Waals surface area (Å²) in [5.74, 6) is -0.278. The van der Waals surface area contributed by atoms with E-state index in [1.54, 1.807) is 30.3 Å². The lowest BCUT2D eigenvalue weighted by Crippen LogP contribution is -2.11. The van der Waals surface area contributed by atoms with Crippen LogP contribution in [-0.4, -0.2) is 19.4 Å². The molecule has 24 heavy (non-hydrogen) atoms. The number of benzene rings is 2. The van der Waals surface area contributed by atoms with Crippen molar-refractivity contribution in [1.82, 2.24) is 0 Å². The zero-order valence-electron chi connectivity index (χ0n) is 12.5. The predicted octanol–water partition coefficient (Wildman–Crippen LogP) is 1.23. The highest BCUT2D eigenvalue weighted by molar-refractivity contribution is 7.89. The summed E-state index contributed by atoms with van der Waals surface area (Å²) in [6.07, 6.45) is 1.52. The van der Waals surface area contributed by atoms with Gasteiger partial charge in [0.1, 0.15) is 0 Å². The van der Waals surface area contributed by atoms with E-state index in [0.717, 1.165) is 0 Å². The lowest BCUT2D eigenvalue weighted by molar-refractivity contribution is -0.110. The lowest BCUT2D eigenvalue weighted by Gasteiger charge is -2.06. The molecule has 5 N–H and O–H groups in total. The third-order valence-electron chi connectivity index (χ3n) is 3.65. The standard InChI is InChI=1S/C16H15N3O4S/c17-24(22,23)12-6-4-11(5-7-12)18-8-13-15-10(9-20)2-1-3-14(15)19-16(13)21/h1-8,18,20H,9H2,(H,19,21)(H2,17,22,23)/b13-8-. The van der Waals surface area contributed by atoms with Crippen LogP contribution in [0.4, 0.5) is 11.4 Å². The first-order chi connectivity index (χ1) is 11.4. The number of amides is 1. The fourth-order valence-electron chi connectivity index (χ4n) is 2.49. The monoisotopic (exact) mass is 345 g/mol. The van der Waals surface area contributed by atoms with Gasteiger partial charge in [-0.25, -0.2) is 13.6 Å². The minimum Gasteiger partial charge on any atom is -0.392 e. The summed E-state index contributed by atoms with van der Waals surface area (Å²) < 4.78 is 22.5. The second-order valence-corrected chi connectivity index (χ2v) is 6.79. The highest BCUT2D eigenvalue weighted by Crippen LogP contribution is 2.34. The number of carbonyl (C=O) groups is 1. The van der Waals surface area contributed by atoms with Gasteiger partial charge in [-0.05, 0) is 35.9 Å². The van der Waals surface area contributed by atoms with E-state index in [1.165, 1.54) is 18.3 Å². The molecule has 1 heterocycles. The molecule has 0 saturated heterocycles. The molecule has 124 valence electrons. The summed E-state index contributed by atoms with van der Waals surface area (Å²) in [6.45, 7) is -0.182. The Hall–Kier alpha value is -2.68. The van der Waals surface area contributed by atoms with Crippen molar-refractivity contribution in [2.24, 2.45) is 5.14 Å². The van der Waals surface area contributed by atoms with E-state index in [4.69, 9.17) is 5.14 Å². The first-order valence-electron chi connectivity index (χ1n) is 7.04. The van der Waals surface area contributed by atoms with Gasteiger partial charge < -0.3 is 15.7 Å². The van der Waals surface area contributed by atoms with Crippen LogP contribution in [0.5, 0.6) is 0 Å². The third-order valence-corrected chi connectivity index (χ3v) is 4.58. The van der Waals surface area contributed by atoms with Crippen molar-refractivity contribution in [3.8, 4) is 0 Å². The molecule has 0 spiro atoms. The van der Waals surface area contributed by atoms with Crippen LogP contribution in [0.3, 0.4) is 0 Å². The predicted molar refractivity (Wildman–Crippen MR) is 90.4 cm³/mol. The summed E-state index contributed by atoms with van der Waals surface area (Å²) in [6, 6.07) is 11.1. The summed E-state index contributed by atoms with van der Waals surface area (Å²) in [5, 5.41) is 20.2. The van der Waals surface area contributed by atoms with Crippen molar-refractivity contribution >= 4 is 32.9 Å². The molecular formula is C16H15N3O4S. The molecule has 2 aromatic carbocycles. The van der Waals surface area contributed by atoms with Gasteiger partial charge in [-0.2, -0.15) is 0 Å². The van der Waals surface area contributed by atoms with Crippen LogP contribution < -0.4 is 15.8 Å². The number of carbonyl (C=O) groups excluding carboxylic acids is 1. The van der Waals surface area contributed by atoms with Crippen LogP contribution in [-0.2, 0) is 21.4 Å². The van der Waals surface area contributed by atoms with Crippen LogP contribution in [0.2, 0.25) is 0 Å². The Kier molecular flexibility index (Phi) is 4.10. The Labute approximate surface area is 138 Å². The van der Waals surface area contributed by atoms with Gasteiger partial charge in [0.2, 0.25) is 10.0 Å². The minimum absolute atomic E-state index is 0.00669. The van der Waals surface area contributed by atoms with E-state index < -0.39 is 10.0 Å². The van der Waals surface area contributed by atoms with Crippen molar-refractivity contribution in [1.29, 1.82) is 0 Å². The molecule has 0 unspecified atom stereocenters. The number of aliphatic hydroxyl groups is 1. The van der Waals surface area contributed by atoms with E-state index >= 15 is 0 Å². The molecule has 2 aromatic rings. The maximum absolute atomic E-state index is 12.1. The van der Waals surface area contributed by atoms with Gasteiger partial charge in [-0.3, -0.25) is 4.79 Å². The molecule has 0 radical (unpaired) electrons. The number of rotatable bonds is 4. The molecule has 7 nitrogen and oxygen atoms in total. The molecule has 0 atom stereocenters. The summed E-state index contributed by atoms with van der Waals surface area (Å²) in [7, 11) is -3.74. The number of fused-ring (bicyclic) bond motifs is 1. The second kappa shape index (κ2) is 6.08. The topological polar surface area (TPSA) is 122 Å². The summed E-state index contributed by atoms with van der Waals surface area (Å²) >= 11 is 0. The molecule has 1 aliphatic heterocycles. The van der Waals surface area contributed by atoms with Gasteiger partial charge in [-0.15, -0.1) is 0 Å². The largest absolute Gasteiger partial charge is 0.392 e. The number of hydrogen-bond acceptors (Lipinski definition) is 5. The normalized spacial score (nSPS) is 15.2. The van der Waals surface area contributed by atoms with Gasteiger partial charge in [0, 0.05) is 23.1 Å².